The van der Waals surface area contributed by atoms with E-state index >= 15 is 0 Å². The standard InChI is InChI=1S/C38H58BN9O9.2C2H6/c1-47(2)38(41)44-21-11-14-30(46-33(51)16-6-3-5-15-32(40)50)37(55)43-20-10-4-9-19-42-35(53)28-17-18-29(27-13-8-7-12-26(27)28)36(54)45-23-34(52)48-24-25(49)22-31(48)39(56)57;2*1-2/h7-8,12-13,17-18,25,30-31,49,56-57H,3-6,9-11,14-16,19-24H2,1-2H3,(H2,40,50)(H2,41,44)(H,42,53)(H,43,55)(H,45,54)(H,46,51);2*1-2H3. The maximum Gasteiger partial charge on any atom is 0.475 e. The van der Waals surface area contributed by atoms with Crippen LogP contribution in [0.3, 0.4) is 0 Å². The van der Waals surface area contributed by atoms with Crippen molar-refractivity contribution in [3.8, 4) is 0 Å². The van der Waals surface area contributed by atoms with Gasteiger partial charge in [-0.3, -0.25) is 33.8 Å². The number of carbonyl (C=O) groups is 6. The number of hydrogen-bond acceptors (Lipinski definition) is 10. The molecule has 61 heavy (non-hydrogen) atoms. The molecule has 1 aliphatic heterocycles. The quantitative estimate of drug-likeness (QED) is 0.0331. The summed E-state index contributed by atoms with van der Waals surface area (Å²) in [7, 11) is 1.73. The minimum absolute atomic E-state index is 0.0167. The SMILES string of the molecule is CC.CC.CN(C)C(N)=NCCCC(NC(=O)CCCCCC(N)=O)C(=O)NCCCCCNC(=O)c1ccc(C(=O)NCC(=O)N2CC(O)CC2B(O)O)c2ccccc12. The van der Waals surface area contributed by atoms with Crippen LogP contribution in [0.15, 0.2) is 41.4 Å². The Labute approximate surface area is 360 Å². The van der Waals surface area contributed by atoms with Crippen LogP contribution in [-0.2, 0) is 19.2 Å². The van der Waals surface area contributed by atoms with Crippen LogP contribution < -0.4 is 32.7 Å². The molecule has 3 unspecified atom stereocenters. The summed E-state index contributed by atoms with van der Waals surface area (Å²) < 4.78 is 0. The van der Waals surface area contributed by atoms with Crippen molar-refractivity contribution >= 4 is 59.3 Å². The molecule has 0 aromatic heterocycles. The van der Waals surface area contributed by atoms with E-state index in [-0.39, 0.29) is 55.0 Å². The second kappa shape index (κ2) is 29.9. The van der Waals surface area contributed by atoms with Crippen molar-refractivity contribution < 1.29 is 43.9 Å². The Hall–Kier alpha value is -5.27. The van der Waals surface area contributed by atoms with Crippen LogP contribution in [0.5, 0.6) is 0 Å². The molecule has 0 bridgehead atoms. The molecular formula is C42H70BN9O9. The highest BCUT2D eigenvalue weighted by atomic mass is 16.4. The molecule has 2 aromatic rings. The molecular weight excluding hydrogens is 785 g/mol. The number of fused-ring (bicyclic) bond motifs is 1. The zero-order chi connectivity index (χ0) is 45.9. The number of hydrogen-bond donors (Lipinski definition) is 9. The van der Waals surface area contributed by atoms with Crippen molar-refractivity contribution in [2.45, 2.75) is 116 Å². The molecule has 0 radical (unpaired) electrons. The molecule has 19 heteroatoms. The van der Waals surface area contributed by atoms with Crippen LogP contribution in [0.4, 0.5) is 0 Å². The Kier molecular flexibility index (Phi) is 26.3. The van der Waals surface area contributed by atoms with Gasteiger partial charge in [0.1, 0.15) is 6.04 Å². The number of nitrogens with two attached hydrogens (primary N) is 2. The smallest absolute Gasteiger partial charge is 0.426 e. The number of aliphatic hydroxyl groups excluding tert-OH is 1. The van der Waals surface area contributed by atoms with Crippen LogP contribution in [0, 0.1) is 0 Å². The molecule has 340 valence electrons. The number of guanidine groups is 1. The molecule has 18 nitrogen and oxygen atoms in total. The van der Waals surface area contributed by atoms with Crippen molar-refractivity contribution in [1.82, 2.24) is 31.1 Å². The van der Waals surface area contributed by atoms with Gasteiger partial charge in [0, 0.05) is 64.2 Å². The first-order valence-electron chi connectivity index (χ1n) is 21.4. The van der Waals surface area contributed by atoms with Gasteiger partial charge in [-0.15, -0.1) is 0 Å². The van der Waals surface area contributed by atoms with Gasteiger partial charge in [-0.25, -0.2) is 0 Å². The molecule has 2 aromatic carbocycles. The van der Waals surface area contributed by atoms with Crippen molar-refractivity contribution in [2.75, 3.05) is 46.8 Å². The lowest BCUT2D eigenvalue weighted by molar-refractivity contribution is -0.130. The maximum absolute atomic E-state index is 13.2. The number of nitrogens with zero attached hydrogens (tertiary/aromatic N) is 3. The van der Waals surface area contributed by atoms with Gasteiger partial charge in [-0.05, 0) is 74.3 Å². The number of aliphatic imine (C=N–C) groups is 1. The van der Waals surface area contributed by atoms with E-state index in [0.717, 1.165) is 4.90 Å². The molecule has 3 rings (SSSR count). The number of nitrogens with one attached hydrogen (secondary N) is 4. The monoisotopic (exact) mass is 856 g/mol. The Morgan fingerprint density at radius 1 is 0.803 bits per heavy atom. The molecule has 11 N–H and O–H groups in total. The van der Waals surface area contributed by atoms with Gasteiger partial charge in [0.25, 0.3) is 11.8 Å². The number of amides is 6. The highest BCUT2D eigenvalue weighted by Crippen LogP contribution is 2.24. The average molecular weight is 856 g/mol. The highest BCUT2D eigenvalue weighted by molar-refractivity contribution is 6.43. The zero-order valence-electron chi connectivity index (χ0n) is 36.9. The van der Waals surface area contributed by atoms with Gasteiger partial charge in [0.2, 0.25) is 23.6 Å². The van der Waals surface area contributed by atoms with Gasteiger partial charge in [-0.2, -0.15) is 0 Å². The van der Waals surface area contributed by atoms with Gasteiger partial charge < -0.3 is 57.7 Å². The Bertz CT molecular complexity index is 1730. The summed E-state index contributed by atoms with van der Waals surface area (Å²) in [6, 6.07) is 9.21. The lowest BCUT2D eigenvalue weighted by atomic mass is 9.77. The third kappa shape index (κ3) is 19.3. The topological polar surface area (TPSA) is 282 Å². The van der Waals surface area contributed by atoms with Gasteiger partial charge in [-0.1, -0.05) is 58.4 Å². The summed E-state index contributed by atoms with van der Waals surface area (Å²) in [6.45, 7) is 8.65. The van der Waals surface area contributed by atoms with E-state index < -0.39 is 43.6 Å². The molecule has 1 saturated heterocycles. The van der Waals surface area contributed by atoms with E-state index in [2.05, 4.69) is 26.3 Å². The number of carbonyl (C=O) groups excluding carboxylic acids is 6. The lowest BCUT2D eigenvalue weighted by Crippen LogP contribution is -2.49. The van der Waals surface area contributed by atoms with Gasteiger partial charge in [0.05, 0.1) is 18.6 Å². The van der Waals surface area contributed by atoms with Gasteiger partial charge >= 0.3 is 7.12 Å². The van der Waals surface area contributed by atoms with E-state index in [0.29, 0.717) is 93.3 Å². The first kappa shape index (κ1) is 53.8. The van der Waals surface area contributed by atoms with E-state index in [4.69, 9.17) is 11.5 Å². The minimum Gasteiger partial charge on any atom is -0.426 e. The fourth-order valence-electron chi connectivity index (χ4n) is 6.45. The van der Waals surface area contributed by atoms with E-state index in [1.807, 2.05) is 27.7 Å². The van der Waals surface area contributed by atoms with Crippen molar-refractivity contribution in [1.29, 1.82) is 0 Å². The summed E-state index contributed by atoms with van der Waals surface area (Å²) in [5.74, 6) is -2.98. The third-order valence-corrected chi connectivity index (χ3v) is 9.60. The minimum atomic E-state index is -1.82. The third-order valence-electron chi connectivity index (χ3n) is 9.60. The second-order valence-electron chi connectivity index (χ2n) is 14.3. The molecule has 6 amide bonds. The summed E-state index contributed by atoms with van der Waals surface area (Å²) >= 11 is 0. The molecule has 1 aliphatic rings. The number of primary amides is 1. The number of β-amino-alcohol motifs (C(OH)–C–C–N with tert-alkyl or cyclic N) is 1. The fourth-order valence-corrected chi connectivity index (χ4v) is 6.45. The van der Waals surface area contributed by atoms with E-state index in [1.54, 1.807) is 49.3 Å². The molecule has 1 heterocycles. The first-order valence-corrected chi connectivity index (χ1v) is 21.4. The van der Waals surface area contributed by atoms with Crippen molar-refractivity contribution in [2.24, 2.45) is 16.5 Å². The van der Waals surface area contributed by atoms with Crippen LogP contribution in [0.25, 0.3) is 10.8 Å². The predicted octanol–water partition coefficient (Wildman–Crippen LogP) is 1.19. The molecule has 0 aliphatic carbocycles. The van der Waals surface area contributed by atoms with Crippen LogP contribution in [0.2, 0.25) is 0 Å². The maximum atomic E-state index is 13.2. The molecule has 0 saturated carbocycles. The lowest BCUT2D eigenvalue weighted by Gasteiger charge is -2.23. The zero-order valence-corrected chi connectivity index (χ0v) is 36.9. The molecule has 3 atom stereocenters. The Balaban J connectivity index is 0.00000451. The molecule has 0 spiro atoms. The normalized spacial score (nSPS) is 15.0. The number of rotatable bonds is 23. The van der Waals surface area contributed by atoms with Gasteiger partial charge in [0.15, 0.2) is 5.96 Å². The van der Waals surface area contributed by atoms with Crippen LogP contribution >= 0.6 is 0 Å². The molecule has 1 fully saturated rings. The Morgan fingerprint density at radius 2 is 1.36 bits per heavy atom. The number of benzene rings is 2. The average Bonchev–Trinajstić information content (AvgIpc) is 3.65. The van der Waals surface area contributed by atoms with E-state index in [1.165, 1.54) is 6.07 Å². The summed E-state index contributed by atoms with van der Waals surface area (Å²) in [4.78, 5) is 82.8. The largest absolute Gasteiger partial charge is 0.475 e. The summed E-state index contributed by atoms with van der Waals surface area (Å²) in [6.07, 6.45) is 4.35. The number of aliphatic hydroxyl groups is 1. The highest BCUT2D eigenvalue weighted by Gasteiger charge is 2.41. The number of unbranched alkanes of at least 4 members (excludes halogenated alkanes) is 4. The second-order valence-corrected chi connectivity index (χ2v) is 14.3. The Morgan fingerprint density at radius 3 is 1.93 bits per heavy atom. The fraction of sp³-hybridized carbons (Fsp3) is 0.595. The van der Waals surface area contributed by atoms with Crippen molar-refractivity contribution in [3.05, 3.63) is 47.5 Å². The number of likely N-dealkylation sites (tertiary alicyclic amines) is 1. The summed E-state index contributed by atoms with van der Waals surface area (Å²) in [5.41, 5.74) is 11.6. The van der Waals surface area contributed by atoms with Crippen LogP contribution in [0.1, 0.15) is 119 Å². The summed E-state index contributed by atoms with van der Waals surface area (Å²) in [5, 5.41) is 41.3. The van der Waals surface area contributed by atoms with E-state index in [9.17, 15) is 43.9 Å². The predicted molar refractivity (Wildman–Crippen MR) is 238 cm³/mol. The van der Waals surface area contributed by atoms with Crippen LogP contribution in [-0.4, -0.2) is 138 Å². The first-order chi connectivity index (χ1) is 29.2. The van der Waals surface area contributed by atoms with Crippen molar-refractivity contribution in [3.63, 3.8) is 0 Å².